The van der Waals surface area contributed by atoms with Gasteiger partial charge in [-0.1, -0.05) is 20.8 Å². The number of sulfone groups is 1. The van der Waals surface area contributed by atoms with Crippen LogP contribution in [0.5, 0.6) is 0 Å². The van der Waals surface area contributed by atoms with E-state index in [-0.39, 0.29) is 5.25 Å². The largest absolute Gasteiger partial charge is 0.314 e. The molecule has 0 aromatic heterocycles. The van der Waals surface area contributed by atoms with Crippen molar-refractivity contribution in [2.24, 2.45) is 5.92 Å². The van der Waals surface area contributed by atoms with Crippen molar-refractivity contribution in [2.45, 2.75) is 58.8 Å². The normalized spacial score (nSPS) is 16.4. The molecule has 4 heteroatoms. The minimum absolute atomic E-state index is 0.251. The Labute approximate surface area is 101 Å². The molecular weight excluding hydrogens is 222 g/mol. The quantitative estimate of drug-likeness (QED) is 0.717. The fourth-order valence-electron chi connectivity index (χ4n) is 1.80. The van der Waals surface area contributed by atoms with Crippen molar-refractivity contribution >= 4 is 9.84 Å². The van der Waals surface area contributed by atoms with Crippen LogP contribution in [0.4, 0.5) is 0 Å². The van der Waals surface area contributed by atoms with E-state index in [1.54, 1.807) is 13.8 Å². The van der Waals surface area contributed by atoms with Crippen molar-refractivity contribution in [3.8, 4) is 0 Å². The van der Waals surface area contributed by atoms with Gasteiger partial charge >= 0.3 is 0 Å². The lowest BCUT2D eigenvalue weighted by molar-refractivity contribution is 0.364. The van der Waals surface area contributed by atoms with Crippen molar-refractivity contribution in [1.29, 1.82) is 0 Å². The third-order valence-electron chi connectivity index (χ3n) is 3.17. The smallest absolute Gasteiger partial charge is 0.152 e. The second-order valence-corrected chi connectivity index (χ2v) is 7.43. The maximum absolute atomic E-state index is 11.7. The maximum Gasteiger partial charge on any atom is 0.152 e. The molecule has 3 nitrogen and oxygen atoms in total. The number of hydrogen-bond donors (Lipinski definition) is 1. The third-order valence-corrected chi connectivity index (χ3v) is 5.41. The first kappa shape index (κ1) is 15.9. The topological polar surface area (TPSA) is 46.2 Å². The first-order chi connectivity index (χ1) is 7.35. The van der Waals surface area contributed by atoms with Crippen molar-refractivity contribution in [3.63, 3.8) is 0 Å². The first-order valence-corrected chi connectivity index (χ1v) is 8.01. The summed E-state index contributed by atoms with van der Waals surface area (Å²) >= 11 is 0. The van der Waals surface area contributed by atoms with E-state index >= 15 is 0 Å². The summed E-state index contributed by atoms with van der Waals surface area (Å²) in [4.78, 5) is 0. The zero-order chi connectivity index (χ0) is 12.8. The lowest BCUT2D eigenvalue weighted by atomic mass is 9.97. The predicted molar refractivity (Wildman–Crippen MR) is 70.5 cm³/mol. The Hall–Kier alpha value is -0.0900. The van der Waals surface area contributed by atoms with Crippen molar-refractivity contribution < 1.29 is 8.42 Å². The first-order valence-electron chi connectivity index (χ1n) is 6.30. The average molecular weight is 249 g/mol. The minimum Gasteiger partial charge on any atom is -0.314 e. The van der Waals surface area contributed by atoms with E-state index in [2.05, 4.69) is 26.1 Å². The lowest BCUT2D eigenvalue weighted by Gasteiger charge is -2.23. The summed E-state index contributed by atoms with van der Waals surface area (Å²) in [7, 11) is -2.88. The zero-order valence-electron chi connectivity index (χ0n) is 11.3. The Morgan fingerprint density at radius 3 is 2.06 bits per heavy atom. The van der Waals surface area contributed by atoms with Crippen LogP contribution in [0.15, 0.2) is 0 Å². The van der Waals surface area contributed by atoms with E-state index < -0.39 is 9.84 Å². The third kappa shape index (κ3) is 5.30. The summed E-state index contributed by atoms with van der Waals surface area (Å²) in [6.07, 6.45) is 1.81. The van der Waals surface area contributed by atoms with E-state index in [4.69, 9.17) is 0 Å². The molecule has 98 valence electrons. The van der Waals surface area contributed by atoms with E-state index in [0.717, 1.165) is 19.4 Å². The molecule has 2 atom stereocenters. The summed E-state index contributed by atoms with van der Waals surface area (Å²) in [6, 6.07) is 0.437. The van der Waals surface area contributed by atoms with E-state index in [1.165, 1.54) is 0 Å². The van der Waals surface area contributed by atoms with Gasteiger partial charge in [-0.2, -0.15) is 0 Å². The molecule has 0 saturated heterocycles. The molecule has 0 aromatic carbocycles. The highest BCUT2D eigenvalue weighted by Crippen LogP contribution is 2.14. The molecule has 0 radical (unpaired) electrons. The van der Waals surface area contributed by atoms with Gasteiger partial charge in [-0.25, -0.2) is 8.42 Å². The van der Waals surface area contributed by atoms with Crippen LogP contribution in [0.1, 0.15) is 47.5 Å². The minimum atomic E-state index is -2.88. The number of nitrogens with one attached hydrogen (secondary N) is 1. The fourth-order valence-corrected chi connectivity index (χ4v) is 2.97. The monoisotopic (exact) mass is 249 g/mol. The Balaban J connectivity index is 4.20. The Bertz CT molecular complexity index is 273. The SMILES string of the molecule is CCNC(CC)C(C)CCS(=O)(=O)C(C)C. The summed E-state index contributed by atoms with van der Waals surface area (Å²) in [5.74, 6) is 0.728. The number of rotatable bonds is 8. The fraction of sp³-hybridized carbons (Fsp3) is 1.00. The van der Waals surface area contributed by atoms with Crippen molar-refractivity contribution in [2.75, 3.05) is 12.3 Å². The van der Waals surface area contributed by atoms with Crippen molar-refractivity contribution in [3.05, 3.63) is 0 Å². The van der Waals surface area contributed by atoms with E-state index in [1.807, 2.05) is 0 Å². The van der Waals surface area contributed by atoms with Gasteiger partial charge in [0, 0.05) is 6.04 Å². The number of hydrogen-bond acceptors (Lipinski definition) is 3. The molecule has 0 saturated carbocycles. The molecule has 16 heavy (non-hydrogen) atoms. The molecule has 1 N–H and O–H groups in total. The molecular formula is C12H27NO2S. The van der Waals surface area contributed by atoms with Gasteiger partial charge in [0.25, 0.3) is 0 Å². The zero-order valence-corrected chi connectivity index (χ0v) is 12.1. The lowest BCUT2D eigenvalue weighted by Crippen LogP contribution is -2.35. The average Bonchev–Trinajstić information content (AvgIpc) is 2.22. The molecule has 0 rings (SSSR count). The van der Waals surface area contributed by atoms with Gasteiger partial charge in [0.15, 0.2) is 9.84 Å². The molecule has 0 aliphatic rings. The summed E-state index contributed by atoms with van der Waals surface area (Å²) < 4.78 is 23.4. The van der Waals surface area contributed by atoms with Crippen LogP contribution < -0.4 is 5.32 Å². The molecule has 0 bridgehead atoms. The highest BCUT2D eigenvalue weighted by molar-refractivity contribution is 7.91. The van der Waals surface area contributed by atoms with Gasteiger partial charge in [-0.15, -0.1) is 0 Å². The molecule has 0 aliphatic carbocycles. The van der Waals surface area contributed by atoms with Crippen LogP contribution in [-0.4, -0.2) is 32.0 Å². The second-order valence-electron chi connectivity index (χ2n) is 4.75. The van der Waals surface area contributed by atoms with Crippen LogP contribution in [0.2, 0.25) is 0 Å². The molecule has 2 unspecified atom stereocenters. The molecule has 0 fully saturated rings. The predicted octanol–water partition coefficient (Wildman–Crippen LogP) is 2.22. The van der Waals surface area contributed by atoms with Gasteiger partial charge in [0.05, 0.1) is 11.0 Å². The molecule has 0 heterocycles. The Kier molecular flexibility index (Phi) is 7.24. The van der Waals surface area contributed by atoms with Crippen LogP contribution >= 0.6 is 0 Å². The standard InChI is InChI=1S/C12H27NO2S/c1-6-12(13-7-2)11(5)8-9-16(14,15)10(3)4/h10-13H,6-9H2,1-5H3. The summed E-state index contributed by atoms with van der Waals surface area (Å²) in [5, 5.41) is 3.15. The van der Waals surface area contributed by atoms with Crippen LogP contribution in [0.3, 0.4) is 0 Å². The van der Waals surface area contributed by atoms with Crippen molar-refractivity contribution in [1.82, 2.24) is 5.32 Å². The highest BCUT2D eigenvalue weighted by atomic mass is 32.2. The Morgan fingerprint density at radius 2 is 1.69 bits per heavy atom. The van der Waals surface area contributed by atoms with Gasteiger partial charge in [0.1, 0.15) is 0 Å². The van der Waals surface area contributed by atoms with Gasteiger partial charge in [-0.05, 0) is 39.2 Å². The van der Waals surface area contributed by atoms with Crippen LogP contribution in [-0.2, 0) is 9.84 Å². The van der Waals surface area contributed by atoms with Crippen LogP contribution in [0, 0.1) is 5.92 Å². The summed E-state index contributed by atoms with van der Waals surface area (Å²) in [5.41, 5.74) is 0. The second kappa shape index (κ2) is 7.28. The van der Waals surface area contributed by atoms with E-state index in [9.17, 15) is 8.42 Å². The molecule has 0 aliphatic heterocycles. The highest BCUT2D eigenvalue weighted by Gasteiger charge is 2.20. The van der Waals surface area contributed by atoms with Crippen LogP contribution in [0.25, 0.3) is 0 Å². The Morgan fingerprint density at radius 1 is 1.12 bits per heavy atom. The molecule has 0 amide bonds. The van der Waals surface area contributed by atoms with Gasteiger partial charge in [0.2, 0.25) is 0 Å². The molecule has 0 spiro atoms. The van der Waals surface area contributed by atoms with Gasteiger partial charge < -0.3 is 5.32 Å². The van der Waals surface area contributed by atoms with Gasteiger partial charge in [-0.3, -0.25) is 0 Å². The molecule has 0 aromatic rings. The van der Waals surface area contributed by atoms with E-state index in [0.29, 0.717) is 17.7 Å². The summed E-state index contributed by atoms with van der Waals surface area (Å²) in [6.45, 7) is 10.8. The maximum atomic E-state index is 11.7.